The molecule has 1 aromatic carbocycles. The molecule has 2 heterocycles. The van der Waals surface area contributed by atoms with E-state index >= 15 is 0 Å². The van der Waals surface area contributed by atoms with E-state index in [2.05, 4.69) is 33.3 Å². The van der Waals surface area contributed by atoms with Gasteiger partial charge in [-0.2, -0.15) is 0 Å². The van der Waals surface area contributed by atoms with E-state index in [1.807, 2.05) is 18.2 Å². The van der Waals surface area contributed by atoms with Crippen LogP contribution in [0.5, 0.6) is 0 Å². The van der Waals surface area contributed by atoms with Crippen LogP contribution in [0.15, 0.2) is 24.3 Å². The normalized spacial score (nSPS) is 22.7. The van der Waals surface area contributed by atoms with Gasteiger partial charge in [-0.05, 0) is 19.2 Å². The molecule has 1 atom stereocenters. The Bertz CT molecular complexity index is 457. The first-order valence-electron chi connectivity index (χ1n) is 5.70. The number of rotatable bonds is 1. The van der Waals surface area contributed by atoms with E-state index in [1.54, 1.807) is 0 Å². The van der Waals surface area contributed by atoms with E-state index in [4.69, 9.17) is 0 Å². The molecular formula is C12H16N4. The molecule has 4 heteroatoms. The van der Waals surface area contributed by atoms with Gasteiger partial charge in [0.2, 0.25) is 0 Å². The zero-order valence-electron chi connectivity index (χ0n) is 9.40. The highest BCUT2D eigenvalue weighted by atomic mass is 15.2. The van der Waals surface area contributed by atoms with Crippen molar-refractivity contribution in [2.24, 2.45) is 0 Å². The van der Waals surface area contributed by atoms with E-state index in [1.165, 1.54) is 0 Å². The van der Waals surface area contributed by atoms with E-state index in [0.29, 0.717) is 6.04 Å². The standard InChI is InChI=1S/C12H16N4/c1-16-7-6-13-8-11(16)12-14-9-4-2-3-5-10(9)15-12/h2-5,11,13H,6-8H2,1H3,(H,14,15). The van der Waals surface area contributed by atoms with Gasteiger partial charge in [0, 0.05) is 19.6 Å². The van der Waals surface area contributed by atoms with Crippen molar-refractivity contribution < 1.29 is 0 Å². The molecule has 3 rings (SSSR count). The summed E-state index contributed by atoms with van der Waals surface area (Å²) in [7, 11) is 2.15. The first kappa shape index (κ1) is 9.81. The highest BCUT2D eigenvalue weighted by molar-refractivity contribution is 5.74. The topological polar surface area (TPSA) is 44.0 Å². The maximum absolute atomic E-state index is 4.65. The lowest BCUT2D eigenvalue weighted by Crippen LogP contribution is -2.44. The predicted molar refractivity (Wildman–Crippen MR) is 64.3 cm³/mol. The van der Waals surface area contributed by atoms with Crippen LogP contribution in [0.25, 0.3) is 11.0 Å². The van der Waals surface area contributed by atoms with Crippen LogP contribution in [0.3, 0.4) is 0 Å². The van der Waals surface area contributed by atoms with Gasteiger partial charge >= 0.3 is 0 Å². The number of hydrogen-bond acceptors (Lipinski definition) is 3. The molecule has 2 N–H and O–H groups in total. The molecule has 1 unspecified atom stereocenters. The second-order valence-corrected chi connectivity index (χ2v) is 4.34. The van der Waals surface area contributed by atoms with Gasteiger partial charge in [-0.1, -0.05) is 12.1 Å². The SMILES string of the molecule is CN1CCNCC1c1nc2ccccc2[nH]1. The largest absolute Gasteiger partial charge is 0.341 e. The van der Waals surface area contributed by atoms with Crippen molar-refractivity contribution in [3.8, 4) is 0 Å². The summed E-state index contributed by atoms with van der Waals surface area (Å²) in [6.45, 7) is 3.10. The number of nitrogens with one attached hydrogen (secondary N) is 2. The fourth-order valence-corrected chi connectivity index (χ4v) is 2.24. The minimum absolute atomic E-state index is 0.362. The molecule has 84 valence electrons. The summed E-state index contributed by atoms with van der Waals surface area (Å²) >= 11 is 0. The first-order valence-corrected chi connectivity index (χ1v) is 5.70. The second kappa shape index (κ2) is 3.88. The molecule has 16 heavy (non-hydrogen) atoms. The van der Waals surface area contributed by atoms with Gasteiger partial charge in [-0.15, -0.1) is 0 Å². The molecular weight excluding hydrogens is 200 g/mol. The number of piperazine rings is 1. The Kier molecular flexibility index (Phi) is 2.38. The fourth-order valence-electron chi connectivity index (χ4n) is 2.24. The molecule has 2 aromatic rings. The number of aromatic nitrogens is 2. The number of aromatic amines is 1. The smallest absolute Gasteiger partial charge is 0.125 e. The summed E-state index contributed by atoms with van der Waals surface area (Å²) in [5.41, 5.74) is 2.17. The molecule has 1 aliphatic rings. The van der Waals surface area contributed by atoms with Crippen molar-refractivity contribution in [1.29, 1.82) is 0 Å². The van der Waals surface area contributed by atoms with Crippen molar-refractivity contribution in [3.63, 3.8) is 0 Å². The molecule has 0 amide bonds. The maximum Gasteiger partial charge on any atom is 0.125 e. The lowest BCUT2D eigenvalue weighted by molar-refractivity contribution is 0.195. The van der Waals surface area contributed by atoms with Gasteiger partial charge in [0.15, 0.2) is 0 Å². The van der Waals surface area contributed by atoms with Crippen LogP contribution in [0.4, 0.5) is 0 Å². The number of nitrogens with zero attached hydrogens (tertiary/aromatic N) is 2. The highest BCUT2D eigenvalue weighted by Gasteiger charge is 2.22. The van der Waals surface area contributed by atoms with Crippen LogP contribution in [-0.4, -0.2) is 41.5 Å². The summed E-state index contributed by atoms with van der Waals surface area (Å²) in [6, 6.07) is 8.54. The predicted octanol–water partition coefficient (Wildman–Crippen LogP) is 1.14. The first-order chi connectivity index (χ1) is 7.84. The molecule has 1 aliphatic heterocycles. The van der Waals surface area contributed by atoms with Crippen molar-refractivity contribution in [2.75, 3.05) is 26.7 Å². The zero-order chi connectivity index (χ0) is 11.0. The van der Waals surface area contributed by atoms with Crippen molar-refractivity contribution in [2.45, 2.75) is 6.04 Å². The molecule has 0 bridgehead atoms. The molecule has 1 fully saturated rings. The van der Waals surface area contributed by atoms with Gasteiger partial charge in [0.05, 0.1) is 17.1 Å². The van der Waals surface area contributed by atoms with Gasteiger partial charge in [0.1, 0.15) is 5.82 Å². The van der Waals surface area contributed by atoms with Crippen LogP contribution in [-0.2, 0) is 0 Å². The third-order valence-corrected chi connectivity index (χ3v) is 3.23. The van der Waals surface area contributed by atoms with Crippen molar-refractivity contribution >= 4 is 11.0 Å². The molecule has 1 saturated heterocycles. The Labute approximate surface area is 94.7 Å². The summed E-state index contributed by atoms with van der Waals surface area (Å²) in [4.78, 5) is 10.4. The summed E-state index contributed by atoms with van der Waals surface area (Å²) in [5.74, 6) is 1.07. The van der Waals surface area contributed by atoms with Gasteiger partial charge in [0.25, 0.3) is 0 Å². The molecule has 0 saturated carbocycles. The Hall–Kier alpha value is -1.39. The van der Waals surface area contributed by atoms with E-state index < -0.39 is 0 Å². The fraction of sp³-hybridized carbons (Fsp3) is 0.417. The number of benzene rings is 1. The molecule has 4 nitrogen and oxygen atoms in total. The van der Waals surface area contributed by atoms with E-state index in [0.717, 1.165) is 36.5 Å². The van der Waals surface area contributed by atoms with Crippen molar-refractivity contribution in [3.05, 3.63) is 30.1 Å². The maximum atomic E-state index is 4.65. The van der Waals surface area contributed by atoms with Crippen LogP contribution < -0.4 is 5.32 Å². The zero-order valence-corrected chi connectivity index (χ0v) is 9.40. The quantitative estimate of drug-likeness (QED) is 0.751. The third-order valence-electron chi connectivity index (χ3n) is 3.23. The van der Waals surface area contributed by atoms with Crippen LogP contribution >= 0.6 is 0 Å². The van der Waals surface area contributed by atoms with Gasteiger partial charge in [-0.25, -0.2) is 4.98 Å². The lowest BCUT2D eigenvalue weighted by Gasteiger charge is -2.31. The van der Waals surface area contributed by atoms with E-state index in [-0.39, 0.29) is 0 Å². The Morgan fingerprint density at radius 3 is 3.06 bits per heavy atom. The van der Waals surface area contributed by atoms with Gasteiger partial charge in [-0.3, -0.25) is 4.90 Å². The molecule has 0 aliphatic carbocycles. The minimum Gasteiger partial charge on any atom is -0.341 e. The number of fused-ring (bicyclic) bond motifs is 1. The number of hydrogen-bond donors (Lipinski definition) is 2. The van der Waals surface area contributed by atoms with Crippen LogP contribution in [0.2, 0.25) is 0 Å². The van der Waals surface area contributed by atoms with Crippen LogP contribution in [0, 0.1) is 0 Å². The number of H-pyrrole nitrogens is 1. The Morgan fingerprint density at radius 1 is 1.38 bits per heavy atom. The lowest BCUT2D eigenvalue weighted by atomic mass is 10.2. The van der Waals surface area contributed by atoms with Crippen molar-refractivity contribution in [1.82, 2.24) is 20.2 Å². The second-order valence-electron chi connectivity index (χ2n) is 4.34. The summed E-state index contributed by atoms with van der Waals surface area (Å²) in [6.07, 6.45) is 0. The number of likely N-dealkylation sites (N-methyl/N-ethyl adjacent to an activating group) is 1. The molecule has 0 spiro atoms. The monoisotopic (exact) mass is 216 g/mol. The Balaban J connectivity index is 1.98. The summed E-state index contributed by atoms with van der Waals surface area (Å²) in [5, 5.41) is 3.41. The third kappa shape index (κ3) is 1.60. The average molecular weight is 216 g/mol. The van der Waals surface area contributed by atoms with Crippen LogP contribution in [0.1, 0.15) is 11.9 Å². The Morgan fingerprint density at radius 2 is 2.25 bits per heavy atom. The number of imidazole rings is 1. The average Bonchev–Trinajstić information content (AvgIpc) is 2.73. The summed E-state index contributed by atoms with van der Waals surface area (Å²) < 4.78 is 0. The molecule has 0 radical (unpaired) electrons. The number of para-hydroxylation sites is 2. The highest BCUT2D eigenvalue weighted by Crippen LogP contribution is 2.20. The van der Waals surface area contributed by atoms with Gasteiger partial charge < -0.3 is 10.3 Å². The van der Waals surface area contributed by atoms with E-state index in [9.17, 15) is 0 Å². The molecule has 1 aromatic heterocycles. The minimum atomic E-state index is 0.362.